The van der Waals surface area contributed by atoms with Gasteiger partial charge < -0.3 is 49.3 Å². The van der Waals surface area contributed by atoms with Gasteiger partial charge in [-0.2, -0.15) is 0 Å². The van der Waals surface area contributed by atoms with Gasteiger partial charge in [-0.3, -0.25) is 4.79 Å². The second-order valence-electron chi connectivity index (χ2n) is 7.44. The maximum Gasteiger partial charge on any atom is 0.229 e. The van der Waals surface area contributed by atoms with Crippen molar-refractivity contribution in [1.29, 1.82) is 0 Å². The third kappa shape index (κ3) is 3.96. The van der Waals surface area contributed by atoms with Gasteiger partial charge in [0.05, 0.1) is 19.3 Å². The number of hydrogen-bond donors (Lipinski definition) is 6. The lowest BCUT2D eigenvalue weighted by Crippen LogP contribution is -2.60. The number of aromatic hydroxyl groups is 2. The summed E-state index contributed by atoms with van der Waals surface area (Å²) >= 11 is 0. The molecule has 0 spiro atoms. The zero-order valence-electron chi connectivity index (χ0n) is 17.3. The van der Waals surface area contributed by atoms with Crippen LogP contribution in [-0.2, 0) is 4.74 Å². The fourth-order valence-electron chi connectivity index (χ4n) is 3.66. The summed E-state index contributed by atoms with van der Waals surface area (Å²) in [6, 6.07) is 8.31. The molecule has 1 aliphatic heterocycles. The number of benzene rings is 2. The molecule has 1 aliphatic rings. The Labute approximate surface area is 186 Å². The van der Waals surface area contributed by atoms with Gasteiger partial charge in [0.2, 0.25) is 12.0 Å². The van der Waals surface area contributed by atoms with Crippen LogP contribution in [0.25, 0.3) is 22.3 Å². The minimum atomic E-state index is -1.72. The zero-order valence-corrected chi connectivity index (χ0v) is 17.3. The molecule has 0 bridgehead atoms. The molecular weight excluding hydrogens is 440 g/mol. The van der Waals surface area contributed by atoms with Crippen molar-refractivity contribution >= 4 is 11.0 Å². The molecule has 1 aromatic heterocycles. The summed E-state index contributed by atoms with van der Waals surface area (Å²) in [5.74, 6) is -1.04. The van der Waals surface area contributed by atoms with E-state index in [1.807, 2.05) is 0 Å². The lowest BCUT2D eigenvalue weighted by Gasteiger charge is -2.39. The van der Waals surface area contributed by atoms with E-state index in [1.54, 1.807) is 12.1 Å². The summed E-state index contributed by atoms with van der Waals surface area (Å²) in [7, 11) is 1.25. The van der Waals surface area contributed by atoms with Gasteiger partial charge in [0.25, 0.3) is 0 Å². The second kappa shape index (κ2) is 8.89. The highest BCUT2D eigenvalue weighted by Crippen LogP contribution is 2.43. The molecule has 176 valence electrons. The van der Waals surface area contributed by atoms with Crippen molar-refractivity contribution in [2.75, 3.05) is 13.7 Å². The Kier molecular flexibility index (Phi) is 6.15. The van der Waals surface area contributed by atoms with E-state index in [0.717, 1.165) is 12.1 Å². The minimum Gasteiger partial charge on any atom is -0.507 e. The molecule has 1 fully saturated rings. The third-order valence-electron chi connectivity index (χ3n) is 5.37. The Bertz CT molecular complexity index is 1220. The van der Waals surface area contributed by atoms with Gasteiger partial charge in [0, 0.05) is 12.1 Å². The monoisotopic (exact) mass is 462 g/mol. The predicted molar refractivity (Wildman–Crippen MR) is 112 cm³/mol. The van der Waals surface area contributed by atoms with Gasteiger partial charge in [-0.05, 0) is 12.1 Å². The summed E-state index contributed by atoms with van der Waals surface area (Å²) in [5, 5.41) is 59.9. The van der Waals surface area contributed by atoms with Crippen molar-refractivity contribution < 1.29 is 49.3 Å². The van der Waals surface area contributed by atoms with Gasteiger partial charge in [-0.25, -0.2) is 0 Å². The number of fused-ring (bicyclic) bond motifs is 1. The first-order chi connectivity index (χ1) is 15.8. The molecule has 0 radical (unpaired) electrons. The SMILES string of the molecule is COc1c(O[C@H]2O[C@H](CO)[C@H](O)[C@@H](O)[C@H]2O)cc(O)c2c(=O)cc(-c3ccccc3O)oc12. The zero-order chi connectivity index (χ0) is 23.9. The van der Waals surface area contributed by atoms with Crippen LogP contribution in [0, 0.1) is 0 Å². The van der Waals surface area contributed by atoms with E-state index >= 15 is 0 Å². The number of aliphatic hydroxyl groups is 4. The fourth-order valence-corrected chi connectivity index (χ4v) is 3.66. The van der Waals surface area contributed by atoms with E-state index in [2.05, 4.69) is 0 Å². The first-order valence-corrected chi connectivity index (χ1v) is 9.90. The van der Waals surface area contributed by atoms with Crippen molar-refractivity contribution in [3.8, 4) is 34.3 Å². The Morgan fingerprint density at radius 3 is 2.39 bits per heavy atom. The number of aliphatic hydroxyl groups excluding tert-OH is 4. The van der Waals surface area contributed by atoms with Crippen LogP contribution in [0.4, 0.5) is 0 Å². The minimum absolute atomic E-state index is 0.00621. The van der Waals surface area contributed by atoms with Gasteiger partial charge in [-0.15, -0.1) is 0 Å². The van der Waals surface area contributed by atoms with E-state index in [4.69, 9.17) is 18.6 Å². The number of phenols is 2. The number of hydrogen-bond acceptors (Lipinski definition) is 11. The van der Waals surface area contributed by atoms with Crippen LogP contribution < -0.4 is 14.9 Å². The van der Waals surface area contributed by atoms with Crippen molar-refractivity contribution in [2.45, 2.75) is 30.7 Å². The fraction of sp³-hybridized carbons (Fsp3) is 0.318. The summed E-state index contributed by atoms with van der Waals surface area (Å²) in [5.41, 5.74) is -0.606. The molecule has 2 heterocycles. The van der Waals surface area contributed by atoms with Crippen LogP contribution >= 0.6 is 0 Å². The number of rotatable bonds is 5. The van der Waals surface area contributed by atoms with Crippen LogP contribution in [0.5, 0.6) is 23.0 Å². The van der Waals surface area contributed by atoms with Crippen molar-refractivity contribution in [3.63, 3.8) is 0 Å². The lowest BCUT2D eigenvalue weighted by atomic mass is 9.99. The quantitative estimate of drug-likeness (QED) is 0.302. The van der Waals surface area contributed by atoms with Crippen LogP contribution in [0.15, 0.2) is 45.6 Å². The second-order valence-corrected chi connectivity index (χ2v) is 7.44. The molecule has 0 unspecified atom stereocenters. The van der Waals surface area contributed by atoms with E-state index in [0.29, 0.717) is 0 Å². The Balaban J connectivity index is 1.83. The first-order valence-electron chi connectivity index (χ1n) is 9.90. The molecule has 11 heteroatoms. The van der Waals surface area contributed by atoms with E-state index < -0.39 is 48.5 Å². The number of phenolic OH excluding ortho intramolecular Hbond substituents is 2. The molecule has 5 atom stereocenters. The molecule has 0 saturated carbocycles. The molecule has 2 aromatic carbocycles. The molecule has 33 heavy (non-hydrogen) atoms. The van der Waals surface area contributed by atoms with Crippen LogP contribution in [0.3, 0.4) is 0 Å². The van der Waals surface area contributed by atoms with Gasteiger partial charge in [0.1, 0.15) is 47.1 Å². The largest absolute Gasteiger partial charge is 0.507 e. The van der Waals surface area contributed by atoms with E-state index in [1.165, 1.54) is 19.2 Å². The first kappa shape index (κ1) is 22.8. The van der Waals surface area contributed by atoms with Crippen molar-refractivity contribution in [2.24, 2.45) is 0 Å². The smallest absolute Gasteiger partial charge is 0.229 e. The predicted octanol–water partition coefficient (Wildman–Crippen LogP) is 0.0585. The standard InChI is InChI=1S/C22H22O11/c1-30-20-14(32-22-19(29)18(28)17(27)15(8-23)33-22)7-12(26)16-11(25)6-13(31-21(16)20)9-4-2-3-5-10(9)24/h2-7,15,17-19,22-24,26-29H,8H2,1H3/t15-,17+,18-,19-,22+/m1/s1. The average molecular weight is 462 g/mol. The molecule has 3 aromatic rings. The summed E-state index contributed by atoms with van der Waals surface area (Å²) < 4.78 is 22.0. The Morgan fingerprint density at radius 1 is 1.00 bits per heavy atom. The third-order valence-corrected chi connectivity index (χ3v) is 5.37. The number of ether oxygens (including phenoxy) is 3. The highest BCUT2D eigenvalue weighted by Gasteiger charge is 2.45. The summed E-state index contributed by atoms with van der Waals surface area (Å²) in [6.07, 6.45) is -7.79. The maximum absolute atomic E-state index is 12.7. The normalized spacial score (nSPS) is 25.2. The molecule has 0 aliphatic carbocycles. The van der Waals surface area contributed by atoms with E-state index in [-0.39, 0.29) is 39.5 Å². The summed E-state index contributed by atoms with van der Waals surface area (Å²) in [6.45, 7) is -0.663. The number of methoxy groups -OCH3 is 1. The maximum atomic E-state index is 12.7. The van der Waals surface area contributed by atoms with Gasteiger partial charge >= 0.3 is 0 Å². The van der Waals surface area contributed by atoms with Crippen LogP contribution in [0.1, 0.15) is 0 Å². The molecule has 4 rings (SSSR count). The number of para-hydroxylation sites is 1. The molecular formula is C22H22O11. The lowest BCUT2D eigenvalue weighted by molar-refractivity contribution is -0.277. The molecule has 0 amide bonds. The van der Waals surface area contributed by atoms with Crippen molar-refractivity contribution in [1.82, 2.24) is 0 Å². The topological polar surface area (TPSA) is 179 Å². The Hall–Kier alpha value is -3.35. The summed E-state index contributed by atoms with van der Waals surface area (Å²) in [4.78, 5) is 12.7. The van der Waals surface area contributed by atoms with E-state index in [9.17, 15) is 35.4 Å². The van der Waals surface area contributed by atoms with Crippen molar-refractivity contribution in [3.05, 3.63) is 46.6 Å². The molecule has 1 saturated heterocycles. The van der Waals surface area contributed by atoms with Crippen LogP contribution in [0.2, 0.25) is 0 Å². The average Bonchev–Trinajstić information content (AvgIpc) is 2.79. The Morgan fingerprint density at radius 2 is 1.73 bits per heavy atom. The highest BCUT2D eigenvalue weighted by molar-refractivity contribution is 5.92. The molecule has 6 N–H and O–H groups in total. The van der Waals surface area contributed by atoms with Gasteiger partial charge in [0.15, 0.2) is 16.8 Å². The van der Waals surface area contributed by atoms with Crippen LogP contribution in [-0.4, -0.2) is 75.1 Å². The highest BCUT2D eigenvalue weighted by atomic mass is 16.7. The molecule has 11 nitrogen and oxygen atoms in total. The van der Waals surface area contributed by atoms with Gasteiger partial charge in [-0.1, -0.05) is 12.1 Å².